The van der Waals surface area contributed by atoms with Crippen molar-refractivity contribution >= 4 is 32.3 Å². The molecule has 3 aromatic rings. The van der Waals surface area contributed by atoms with Gasteiger partial charge in [0.2, 0.25) is 0 Å². The number of aromatic hydroxyl groups is 1. The molecule has 0 unspecified atom stereocenters. The van der Waals surface area contributed by atoms with E-state index in [1.165, 1.54) is 30.3 Å². The maximum Gasteiger partial charge on any atom is 0.294 e. The molecule has 0 aliphatic carbocycles. The van der Waals surface area contributed by atoms with E-state index in [2.05, 4.69) is 10.2 Å². The summed E-state index contributed by atoms with van der Waals surface area (Å²) in [5, 5.41) is 18.9. The van der Waals surface area contributed by atoms with Crippen molar-refractivity contribution in [2.45, 2.75) is 4.90 Å². The molecular weight excluding hydrogens is 344 g/mol. The molecule has 3 aromatic carbocycles. The van der Waals surface area contributed by atoms with E-state index >= 15 is 0 Å². The zero-order valence-electron chi connectivity index (χ0n) is 13.1. The molecule has 0 radical (unpaired) electrons. The third-order valence-electron chi connectivity index (χ3n) is 3.57. The summed E-state index contributed by atoms with van der Waals surface area (Å²) in [6.45, 7) is 0. The standard InChI is InChI=1S/C17H14N2O5S/c1-24-12-4-2-3-11(9-12)18-19-16-7-8-17(20)14-6-5-13(10-15(14)16)25(21,22)23/h2-10,20H,1H3,(H,21,22,23). The van der Waals surface area contributed by atoms with Crippen molar-refractivity contribution in [3.8, 4) is 11.5 Å². The summed E-state index contributed by atoms with van der Waals surface area (Å²) >= 11 is 0. The average molecular weight is 358 g/mol. The lowest BCUT2D eigenvalue weighted by molar-refractivity contribution is 0.415. The molecular formula is C17H14N2O5S. The maximum atomic E-state index is 11.3. The first-order chi connectivity index (χ1) is 11.9. The Hall–Kier alpha value is -2.97. The van der Waals surface area contributed by atoms with Gasteiger partial charge in [-0.3, -0.25) is 4.55 Å². The SMILES string of the molecule is COc1cccc(N=Nc2ccc(O)c3ccc(S(=O)(=O)O)cc23)c1. The number of ether oxygens (including phenoxy) is 1. The molecule has 0 heterocycles. The lowest BCUT2D eigenvalue weighted by atomic mass is 10.1. The molecule has 0 saturated heterocycles. The number of hydrogen-bond acceptors (Lipinski definition) is 6. The summed E-state index contributed by atoms with van der Waals surface area (Å²) in [6.07, 6.45) is 0. The van der Waals surface area contributed by atoms with Gasteiger partial charge in [-0.25, -0.2) is 0 Å². The van der Waals surface area contributed by atoms with Gasteiger partial charge < -0.3 is 9.84 Å². The highest BCUT2D eigenvalue weighted by atomic mass is 32.2. The second-order valence-electron chi connectivity index (χ2n) is 5.19. The Balaban J connectivity index is 2.11. The van der Waals surface area contributed by atoms with Gasteiger partial charge in [0.25, 0.3) is 10.1 Å². The van der Waals surface area contributed by atoms with E-state index < -0.39 is 10.1 Å². The Kier molecular flexibility index (Phi) is 4.39. The predicted octanol–water partition coefficient (Wildman–Crippen LogP) is 4.22. The van der Waals surface area contributed by atoms with Gasteiger partial charge in [0, 0.05) is 16.8 Å². The van der Waals surface area contributed by atoms with Crippen molar-refractivity contribution in [3.63, 3.8) is 0 Å². The molecule has 0 atom stereocenters. The minimum atomic E-state index is -4.37. The minimum absolute atomic E-state index is 0.0304. The van der Waals surface area contributed by atoms with Crippen LogP contribution in [0.15, 0.2) is 69.7 Å². The Labute approximate surface area is 144 Å². The molecule has 0 saturated carbocycles. The maximum absolute atomic E-state index is 11.3. The van der Waals surface area contributed by atoms with Gasteiger partial charge in [0.15, 0.2) is 0 Å². The van der Waals surface area contributed by atoms with Crippen LogP contribution in [0.25, 0.3) is 10.8 Å². The monoisotopic (exact) mass is 358 g/mol. The summed E-state index contributed by atoms with van der Waals surface area (Å²) in [4.78, 5) is -0.288. The van der Waals surface area contributed by atoms with Crippen LogP contribution < -0.4 is 4.74 Å². The molecule has 7 nitrogen and oxygen atoms in total. The fourth-order valence-electron chi connectivity index (χ4n) is 2.33. The topological polar surface area (TPSA) is 109 Å². The molecule has 128 valence electrons. The Morgan fingerprint density at radius 2 is 1.76 bits per heavy atom. The van der Waals surface area contributed by atoms with Crippen molar-refractivity contribution in [1.82, 2.24) is 0 Å². The fraction of sp³-hybridized carbons (Fsp3) is 0.0588. The summed E-state index contributed by atoms with van der Waals surface area (Å²) in [6, 6.07) is 13.8. The molecule has 0 spiro atoms. The van der Waals surface area contributed by atoms with Gasteiger partial charge in [0.1, 0.15) is 11.5 Å². The third-order valence-corrected chi connectivity index (χ3v) is 4.42. The van der Waals surface area contributed by atoms with Gasteiger partial charge in [-0.15, -0.1) is 5.11 Å². The highest BCUT2D eigenvalue weighted by Crippen LogP contribution is 2.35. The first-order valence-corrected chi connectivity index (χ1v) is 8.61. The van der Waals surface area contributed by atoms with Crippen LogP contribution in [-0.2, 0) is 10.1 Å². The Morgan fingerprint density at radius 1 is 0.960 bits per heavy atom. The highest BCUT2D eigenvalue weighted by Gasteiger charge is 2.13. The minimum Gasteiger partial charge on any atom is -0.507 e. The summed E-state index contributed by atoms with van der Waals surface area (Å²) in [5.74, 6) is 0.595. The molecule has 3 rings (SSSR count). The number of phenolic OH excluding ortho intramolecular Hbond substituents is 1. The summed E-state index contributed by atoms with van der Waals surface area (Å²) < 4.78 is 37.0. The van der Waals surface area contributed by atoms with Crippen LogP contribution in [-0.4, -0.2) is 25.2 Å². The van der Waals surface area contributed by atoms with Crippen molar-refractivity contribution in [2.75, 3.05) is 7.11 Å². The van der Waals surface area contributed by atoms with E-state index in [0.717, 1.165) is 0 Å². The number of methoxy groups -OCH3 is 1. The molecule has 0 aromatic heterocycles. The van der Waals surface area contributed by atoms with Crippen LogP contribution in [0.3, 0.4) is 0 Å². The van der Waals surface area contributed by atoms with Gasteiger partial charge >= 0.3 is 0 Å². The molecule has 0 aliphatic rings. The average Bonchev–Trinajstić information content (AvgIpc) is 2.60. The number of azo groups is 1. The Bertz CT molecular complexity index is 1080. The van der Waals surface area contributed by atoms with E-state index in [0.29, 0.717) is 27.9 Å². The number of hydrogen-bond donors (Lipinski definition) is 2. The van der Waals surface area contributed by atoms with Gasteiger partial charge in [-0.05, 0) is 42.5 Å². The number of benzene rings is 3. The van der Waals surface area contributed by atoms with E-state index in [9.17, 15) is 18.1 Å². The van der Waals surface area contributed by atoms with Crippen LogP contribution >= 0.6 is 0 Å². The first-order valence-electron chi connectivity index (χ1n) is 7.17. The number of nitrogens with zero attached hydrogens (tertiary/aromatic N) is 2. The van der Waals surface area contributed by atoms with E-state index in [4.69, 9.17) is 4.74 Å². The van der Waals surface area contributed by atoms with Crippen molar-refractivity contribution in [1.29, 1.82) is 0 Å². The zero-order chi connectivity index (χ0) is 18.0. The molecule has 0 aliphatic heterocycles. The first kappa shape index (κ1) is 16.9. The third kappa shape index (κ3) is 3.59. The molecule has 2 N–H and O–H groups in total. The summed E-state index contributed by atoms with van der Waals surface area (Å²) in [7, 11) is -2.83. The molecule has 8 heteroatoms. The number of fused-ring (bicyclic) bond motifs is 1. The van der Waals surface area contributed by atoms with Gasteiger partial charge in [-0.2, -0.15) is 13.5 Å². The Morgan fingerprint density at radius 3 is 2.48 bits per heavy atom. The van der Waals surface area contributed by atoms with Crippen molar-refractivity contribution in [2.24, 2.45) is 10.2 Å². The molecule has 25 heavy (non-hydrogen) atoms. The van der Waals surface area contributed by atoms with Crippen LogP contribution in [0, 0.1) is 0 Å². The van der Waals surface area contributed by atoms with E-state index in [1.807, 2.05) is 0 Å². The molecule has 0 bridgehead atoms. The predicted molar refractivity (Wildman–Crippen MR) is 92.6 cm³/mol. The molecule has 0 amide bonds. The second-order valence-corrected chi connectivity index (χ2v) is 6.61. The lowest BCUT2D eigenvalue weighted by Crippen LogP contribution is -1.97. The number of phenols is 1. The van der Waals surface area contributed by atoms with Crippen molar-refractivity contribution in [3.05, 3.63) is 54.6 Å². The zero-order valence-corrected chi connectivity index (χ0v) is 13.9. The molecule has 0 fully saturated rings. The number of rotatable bonds is 4. The van der Waals surface area contributed by atoms with Crippen LogP contribution in [0.5, 0.6) is 11.5 Å². The van der Waals surface area contributed by atoms with Crippen LogP contribution in [0.4, 0.5) is 11.4 Å². The quantitative estimate of drug-likeness (QED) is 0.536. The van der Waals surface area contributed by atoms with Crippen molar-refractivity contribution < 1.29 is 22.8 Å². The van der Waals surface area contributed by atoms with E-state index in [-0.39, 0.29) is 10.6 Å². The second kappa shape index (κ2) is 6.50. The van der Waals surface area contributed by atoms with E-state index in [1.54, 1.807) is 31.4 Å². The highest BCUT2D eigenvalue weighted by molar-refractivity contribution is 7.85. The van der Waals surface area contributed by atoms with Crippen LogP contribution in [0.1, 0.15) is 0 Å². The fourth-order valence-corrected chi connectivity index (χ4v) is 2.83. The van der Waals surface area contributed by atoms with Gasteiger partial charge in [0.05, 0.1) is 23.4 Å². The largest absolute Gasteiger partial charge is 0.507 e. The normalized spacial score (nSPS) is 11.9. The van der Waals surface area contributed by atoms with Gasteiger partial charge in [-0.1, -0.05) is 6.07 Å². The summed E-state index contributed by atoms with van der Waals surface area (Å²) in [5.41, 5.74) is 0.896. The smallest absolute Gasteiger partial charge is 0.294 e. The van der Waals surface area contributed by atoms with Crippen LogP contribution in [0.2, 0.25) is 0 Å². The lowest BCUT2D eigenvalue weighted by Gasteiger charge is -2.06.